The van der Waals surface area contributed by atoms with Crippen molar-refractivity contribution in [2.24, 2.45) is 0 Å². The van der Waals surface area contributed by atoms with Crippen LogP contribution < -0.4 is 0 Å². The van der Waals surface area contributed by atoms with E-state index in [1.807, 2.05) is 91.0 Å². The van der Waals surface area contributed by atoms with Crippen LogP contribution >= 0.6 is 0 Å². The van der Waals surface area contributed by atoms with Gasteiger partial charge in [0.1, 0.15) is 11.2 Å². The van der Waals surface area contributed by atoms with Gasteiger partial charge in [-0.15, -0.1) is 0 Å². The SMILES string of the molecule is [2H]c1c([2H])c([2H])c(-c2ccc3cc4oc5ccc(-c6c7ccccc7c(-c7c([2H])c([2H])c(-c8c([2H])c([2H])c([2H])c([2H])c8[2H])c([2H])c7[2H])c7ccccc67)cc5c4cc3c2)c([2H])c1[2H]. The molecule has 0 bridgehead atoms. The number of hydrogen-bond acceptors (Lipinski definition) is 1. The van der Waals surface area contributed by atoms with Gasteiger partial charge in [0, 0.05) is 10.8 Å². The minimum Gasteiger partial charge on any atom is -0.456 e. The highest BCUT2D eigenvalue weighted by Gasteiger charge is 2.18. The van der Waals surface area contributed by atoms with Crippen LogP contribution in [0.3, 0.4) is 0 Å². The van der Waals surface area contributed by atoms with Gasteiger partial charge in [0.05, 0.1) is 19.2 Å². The van der Waals surface area contributed by atoms with E-state index in [9.17, 15) is 2.74 Å². The zero-order valence-corrected chi connectivity index (χ0v) is 25.6. The van der Waals surface area contributed by atoms with Gasteiger partial charge in [-0.1, -0.05) is 151 Å². The van der Waals surface area contributed by atoms with E-state index in [-0.39, 0.29) is 28.8 Å². The molecular weight excluding hydrogens is 593 g/mol. The Morgan fingerprint density at radius 2 is 0.837 bits per heavy atom. The minimum absolute atomic E-state index is 0.00575. The monoisotopic (exact) mass is 636 g/mol. The van der Waals surface area contributed by atoms with Crippen LogP contribution in [0.5, 0.6) is 0 Å². The standard InChI is InChI=1S/C48H30O/c1-3-11-31(12-4-1)33-19-21-34(22-20-33)47-39-15-7-9-17-41(39)48(42-18-10-8-16-40(42)47)37-25-26-45-43(28-37)44-29-38-27-35(32-13-5-2-6-14-32)23-24-36(38)30-46(44)49-45/h1-30H/i1D,2D,3D,4D,5D,6D,11D,12D,13D,14D,19D,20D,21D,22D. The summed E-state index contributed by atoms with van der Waals surface area (Å²) < 4.78 is 126. The second-order valence-corrected chi connectivity index (χ2v) is 11.8. The summed E-state index contributed by atoms with van der Waals surface area (Å²) in [6.45, 7) is 0. The first-order valence-corrected chi connectivity index (χ1v) is 15.7. The Bertz CT molecular complexity index is 3540. The van der Waals surface area contributed by atoms with E-state index in [0.717, 1.165) is 43.4 Å². The Labute approximate surface area is 304 Å². The van der Waals surface area contributed by atoms with Crippen molar-refractivity contribution in [3.8, 4) is 44.5 Å². The van der Waals surface area contributed by atoms with E-state index in [4.69, 9.17) is 20.9 Å². The maximum Gasteiger partial charge on any atom is 0.136 e. The zero-order chi connectivity index (χ0) is 44.5. The normalized spacial score (nSPS) is 15.7. The molecule has 0 saturated heterocycles. The van der Waals surface area contributed by atoms with Gasteiger partial charge in [-0.25, -0.2) is 0 Å². The summed E-state index contributed by atoms with van der Waals surface area (Å²) in [7, 11) is 0. The number of benzene rings is 9. The summed E-state index contributed by atoms with van der Waals surface area (Å²) in [5.74, 6) is 0. The van der Waals surface area contributed by atoms with Crippen LogP contribution in [-0.2, 0) is 0 Å². The van der Waals surface area contributed by atoms with Crippen molar-refractivity contribution >= 4 is 54.3 Å². The van der Waals surface area contributed by atoms with Crippen molar-refractivity contribution in [2.45, 2.75) is 0 Å². The molecule has 1 aromatic heterocycles. The van der Waals surface area contributed by atoms with Gasteiger partial charge in [-0.2, -0.15) is 0 Å². The molecule has 0 spiro atoms. The highest BCUT2D eigenvalue weighted by atomic mass is 16.3. The van der Waals surface area contributed by atoms with Crippen molar-refractivity contribution in [1.29, 1.82) is 0 Å². The fourth-order valence-electron chi connectivity index (χ4n) is 6.87. The molecule has 0 saturated carbocycles. The van der Waals surface area contributed by atoms with Gasteiger partial charge in [-0.3, -0.25) is 0 Å². The Morgan fingerprint density at radius 1 is 0.327 bits per heavy atom. The number of furan rings is 1. The minimum atomic E-state index is -0.643. The molecule has 228 valence electrons. The second-order valence-electron chi connectivity index (χ2n) is 11.8. The fraction of sp³-hybridized carbons (Fsp3) is 0. The van der Waals surface area contributed by atoms with Gasteiger partial charge in [0.15, 0.2) is 0 Å². The Hall–Kier alpha value is -6.44. The van der Waals surface area contributed by atoms with Crippen molar-refractivity contribution in [3.05, 3.63) is 182 Å². The predicted octanol–water partition coefficient (Wildman–Crippen LogP) is 13.7. The molecule has 0 amide bonds. The van der Waals surface area contributed by atoms with Crippen molar-refractivity contribution in [1.82, 2.24) is 0 Å². The summed E-state index contributed by atoms with van der Waals surface area (Å²) in [5.41, 5.74) is 3.20. The predicted molar refractivity (Wildman–Crippen MR) is 208 cm³/mol. The molecule has 0 aliphatic heterocycles. The summed E-state index contributed by atoms with van der Waals surface area (Å²) in [6, 6.07) is 23.3. The average molecular weight is 637 g/mol. The van der Waals surface area contributed by atoms with Crippen molar-refractivity contribution in [2.75, 3.05) is 0 Å². The maximum absolute atomic E-state index is 9.34. The number of rotatable bonds is 4. The van der Waals surface area contributed by atoms with E-state index >= 15 is 0 Å². The van der Waals surface area contributed by atoms with Crippen LogP contribution in [0.1, 0.15) is 19.2 Å². The molecule has 10 aromatic rings. The zero-order valence-electron chi connectivity index (χ0n) is 39.6. The van der Waals surface area contributed by atoms with Gasteiger partial charge >= 0.3 is 0 Å². The van der Waals surface area contributed by atoms with Crippen LogP contribution in [0.25, 0.3) is 98.8 Å². The molecule has 0 aliphatic carbocycles. The number of hydrogen-bond donors (Lipinski definition) is 0. The Morgan fingerprint density at radius 3 is 1.47 bits per heavy atom. The lowest BCUT2D eigenvalue weighted by atomic mass is 9.85. The highest BCUT2D eigenvalue weighted by Crippen LogP contribution is 2.45. The third kappa shape index (κ3) is 4.55. The molecule has 1 heteroatoms. The maximum atomic E-state index is 9.34. The van der Waals surface area contributed by atoms with Gasteiger partial charge in [0.25, 0.3) is 0 Å². The quantitative estimate of drug-likeness (QED) is 0.175. The van der Waals surface area contributed by atoms with E-state index < -0.39 is 78.1 Å². The fourth-order valence-corrected chi connectivity index (χ4v) is 6.87. The molecule has 1 heterocycles. The average Bonchev–Trinajstić information content (AvgIpc) is 3.64. The molecule has 10 rings (SSSR count). The second kappa shape index (κ2) is 11.1. The molecule has 0 aliphatic rings. The van der Waals surface area contributed by atoms with Crippen LogP contribution in [0, 0.1) is 0 Å². The smallest absolute Gasteiger partial charge is 0.136 e. The molecule has 0 fully saturated rings. The largest absolute Gasteiger partial charge is 0.456 e. The summed E-state index contributed by atoms with van der Waals surface area (Å²) in [6.07, 6.45) is 0. The van der Waals surface area contributed by atoms with Crippen molar-refractivity contribution < 1.29 is 23.6 Å². The molecule has 0 unspecified atom stereocenters. The van der Waals surface area contributed by atoms with Crippen LogP contribution in [0.2, 0.25) is 0 Å². The van der Waals surface area contributed by atoms with Gasteiger partial charge in [0.2, 0.25) is 0 Å². The molecule has 0 atom stereocenters. The lowest BCUT2D eigenvalue weighted by molar-refractivity contribution is 0.669. The van der Waals surface area contributed by atoms with Crippen LogP contribution in [0.15, 0.2) is 186 Å². The molecular formula is C48H30O. The molecule has 0 N–H and O–H groups in total. The van der Waals surface area contributed by atoms with Gasteiger partial charge < -0.3 is 4.42 Å². The summed E-state index contributed by atoms with van der Waals surface area (Å²) in [5, 5.41) is 6.02. The molecule has 9 aromatic carbocycles. The molecule has 49 heavy (non-hydrogen) atoms. The highest BCUT2D eigenvalue weighted by molar-refractivity contribution is 6.22. The first kappa shape index (κ1) is 17.1. The third-order valence-electron chi connectivity index (χ3n) is 9.06. The first-order chi connectivity index (χ1) is 30.1. The van der Waals surface area contributed by atoms with E-state index in [1.54, 1.807) is 6.07 Å². The van der Waals surface area contributed by atoms with Crippen LogP contribution in [0.4, 0.5) is 0 Å². The van der Waals surface area contributed by atoms with E-state index in [2.05, 4.69) is 0 Å². The van der Waals surface area contributed by atoms with E-state index in [1.165, 1.54) is 0 Å². The van der Waals surface area contributed by atoms with E-state index in [0.29, 0.717) is 33.1 Å². The molecule has 0 radical (unpaired) electrons. The third-order valence-corrected chi connectivity index (χ3v) is 9.06. The molecule has 1 nitrogen and oxygen atoms in total. The number of fused-ring (bicyclic) bond motifs is 6. The van der Waals surface area contributed by atoms with Crippen LogP contribution in [-0.4, -0.2) is 0 Å². The Balaban J connectivity index is 1.19. The van der Waals surface area contributed by atoms with Gasteiger partial charge in [-0.05, 0) is 107 Å². The summed E-state index contributed by atoms with van der Waals surface area (Å²) in [4.78, 5) is 0. The lowest BCUT2D eigenvalue weighted by Gasteiger charge is -2.18. The Kier molecular flexibility index (Phi) is 3.87. The lowest BCUT2D eigenvalue weighted by Crippen LogP contribution is -1.91. The first-order valence-electron chi connectivity index (χ1n) is 22.7. The topological polar surface area (TPSA) is 13.1 Å². The summed E-state index contributed by atoms with van der Waals surface area (Å²) >= 11 is 0. The van der Waals surface area contributed by atoms with Crippen molar-refractivity contribution in [3.63, 3.8) is 0 Å².